The second kappa shape index (κ2) is 7.37. The van der Waals surface area contributed by atoms with Crippen molar-refractivity contribution in [3.63, 3.8) is 0 Å². The molecule has 0 bridgehead atoms. The highest BCUT2D eigenvalue weighted by atomic mass is 79.9. The summed E-state index contributed by atoms with van der Waals surface area (Å²) in [6.07, 6.45) is 1.89. The van der Waals surface area contributed by atoms with Crippen LogP contribution in [0.4, 0.5) is 5.69 Å². The summed E-state index contributed by atoms with van der Waals surface area (Å²) < 4.78 is 0.832. The van der Waals surface area contributed by atoms with Crippen molar-refractivity contribution < 1.29 is 0 Å². The number of halogens is 1. The van der Waals surface area contributed by atoms with Gasteiger partial charge in [0, 0.05) is 22.5 Å². The van der Waals surface area contributed by atoms with Gasteiger partial charge < -0.3 is 5.32 Å². The minimum Gasteiger partial charge on any atom is -0.383 e. The minimum absolute atomic E-state index is 0.663. The Kier molecular flexibility index (Phi) is 6.05. The number of thioether (sulfide) groups is 1. The van der Waals surface area contributed by atoms with Crippen molar-refractivity contribution >= 4 is 33.4 Å². The lowest BCUT2D eigenvalue weighted by atomic mass is 10.2. The van der Waals surface area contributed by atoms with Crippen LogP contribution in [0.2, 0.25) is 0 Å². The van der Waals surface area contributed by atoms with Crippen LogP contribution >= 0.6 is 27.7 Å². The van der Waals surface area contributed by atoms with Gasteiger partial charge in [0.25, 0.3) is 0 Å². The standard InChI is InChI=1S/C12H13BrN2S/c1-2-7-16-8-6-15-12-5-3-4-11(13)10(12)9-14/h2-5,15H,1,6-8H2. The second-order valence-corrected chi connectivity index (χ2v) is 5.07. The Morgan fingerprint density at radius 3 is 3.06 bits per heavy atom. The van der Waals surface area contributed by atoms with Gasteiger partial charge in [-0.15, -0.1) is 6.58 Å². The molecule has 0 aromatic heterocycles. The van der Waals surface area contributed by atoms with Crippen LogP contribution in [0.1, 0.15) is 5.56 Å². The van der Waals surface area contributed by atoms with Gasteiger partial charge in [-0.2, -0.15) is 17.0 Å². The van der Waals surface area contributed by atoms with Crippen molar-refractivity contribution in [2.75, 3.05) is 23.4 Å². The summed E-state index contributed by atoms with van der Waals surface area (Å²) in [5.74, 6) is 1.97. The van der Waals surface area contributed by atoms with E-state index in [1.165, 1.54) is 0 Å². The highest BCUT2D eigenvalue weighted by Crippen LogP contribution is 2.23. The third kappa shape index (κ3) is 3.92. The smallest absolute Gasteiger partial charge is 0.103 e. The molecule has 0 amide bonds. The maximum absolute atomic E-state index is 9.00. The van der Waals surface area contributed by atoms with Crippen molar-refractivity contribution in [1.29, 1.82) is 5.26 Å². The van der Waals surface area contributed by atoms with E-state index in [2.05, 4.69) is 33.9 Å². The van der Waals surface area contributed by atoms with Crippen LogP contribution in [0, 0.1) is 11.3 Å². The van der Waals surface area contributed by atoms with Crippen LogP contribution in [0.3, 0.4) is 0 Å². The predicted octanol–water partition coefficient (Wildman–Crippen LogP) is 3.65. The molecule has 0 saturated heterocycles. The van der Waals surface area contributed by atoms with E-state index >= 15 is 0 Å². The van der Waals surface area contributed by atoms with Crippen molar-refractivity contribution in [1.82, 2.24) is 0 Å². The first-order chi connectivity index (χ1) is 7.79. The summed E-state index contributed by atoms with van der Waals surface area (Å²) in [4.78, 5) is 0. The van der Waals surface area contributed by atoms with Crippen molar-refractivity contribution in [3.8, 4) is 6.07 Å². The average Bonchev–Trinajstić information content (AvgIpc) is 2.29. The zero-order chi connectivity index (χ0) is 11.8. The monoisotopic (exact) mass is 296 g/mol. The SMILES string of the molecule is C=CCSCCNc1cccc(Br)c1C#N. The molecule has 0 saturated carbocycles. The normalized spacial score (nSPS) is 9.50. The van der Waals surface area contributed by atoms with E-state index < -0.39 is 0 Å². The van der Waals surface area contributed by atoms with E-state index in [0.29, 0.717) is 5.56 Å². The second-order valence-electron chi connectivity index (χ2n) is 3.06. The quantitative estimate of drug-likeness (QED) is 0.643. The number of nitrogens with one attached hydrogen (secondary N) is 1. The summed E-state index contributed by atoms with van der Waals surface area (Å²) in [5, 5.41) is 12.3. The lowest BCUT2D eigenvalue weighted by Crippen LogP contribution is -2.05. The first-order valence-electron chi connectivity index (χ1n) is 4.90. The lowest BCUT2D eigenvalue weighted by Gasteiger charge is -2.08. The molecule has 1 N–H and O–H groups in total. The van der Waals surface area contributed by atoms with Crippen molar-refractivity contribution in [2.45, 2.75) is 0 Å². The molecule has 0 radical (unpaired) electrons. The van der Waals surface area contributed by atoms with Gasteiger partial charge in [-0.05, 0) is 28.1 Å². The molecule has 0 atom stereocenters. The van der Waals surface area contributed by atoms with Gasteiger partial charge in [0.15, 0.2) is 0 Å². The Bertz CT molecular complexity index is 398. The summed E-state index contributed by atoms with van der Waals surface area (Å²) >= 11 is 5.18. The van der Waals surface area contributed by atoms with E-state index in [0.717, 1.165) is 28.2 Å². The van der Waals surface area contributed by atoms with Gasteiger partial charge >= 0.3 is 0 Å². The Morgan fingerprint density at radius 1 is 1.56 bits per heavy atom. The number of hydrogen-bond acceptors (Lipinski definition) is 3. The maximum Gasteiger partial charge on any atom is 0.103 e. The molecule has 16 heavy (non-hydrogen) atoms. The van der Waals surface area contributed by atoms with E-state index in [1.807, 2.05) is 36.0 Å². The number of hydrogen-bond donors (Lipinski definition) is 1. The molecule has 1 aromatic carbocycles. The number of nitriles is 1. The van der Waals surface area contributed by atoms with Gasteiger partial charge in [-0.3, -0.25) is 0 Å². The maximum atomic E-state index is 9.00. The van der Waals surface area contributed by atoms with Gasteiger partial charge in [0.2, 0.25) is 0 Å². The molecular weight excluding hydrogens is 284 g/mol. The van der Waals surface area contributed by atoms with E-state index in [9.17, 15) is 0 Å². The highest BCUT2D eigenvalue weighted by molar-refractivity contribution is 9.10. The van der Waals surface area contributed by atoms with E-state index in [1.54, 1.807) is 0 Å². The van der Waals surface area contributed by atoms with Crippen LogP contribution in [0.25, 0.3) is 0 Å². The van der Waals surface area contributed by atoms with Crippen molar-refractivity contribution in [3.05, 3.63) is 40.9 Å². The third-order valence-electron chi connectivity index (χ3n) is 1.92. The van der Waals surface area contributed by atoms with Crippen LogP contribution in [0.15, 0.2) is 35.3 Å². The zero-order valence-corrected chi connectivity index (χ0v) is 11.3. The number of nitrogens with zero attached hydrogens (tertiary/aromatic N) is 1. The molecule has 1 aromatic rings. The van der Waals surface area contributed by atoms with Crippen LogP contribution in [-0.2, 0) is 0 Å². The lowest BCUT2D eigenvalue weighted by molar-refractivity contribution is 1.22. The first-order valence-corrected chi connectivity index (χ1v) is 6.85. The fraction of sp³-hybridized carbons (Fsp3) is 0.250. The van der Waals surface area contributed by atoms with Crippen LogP contribution in [0.5, 0.6) is 0 Å². The Hall–Kier alpha value is -0.920. The molecule has 0 aliphatic heterocycles. The Morgan fingerprint density at radius 2 is 2.38 bits per heavy atom. The summed E-state index contributed by atoms with van der Waals surface area (Å²) in [5.41, 5.74) is 1.55. The van der Waals surface area contributed by atoms with Crippen LogP contribution in [-0.4, -0.2) is 18.1 Å². The highest BCUT2D eigenvalue weighted by Gasteiger charge is 2.04. The Labute approximate surface area is 109 Å². The third-order valence-corrected chi connectivity index (χ3v) is 3.55. The molecule has 1 rings (SSSR count). The van der Waals surface area contributed by atoms with E-state index in [-0.39, 0.29) is 0 Å². The molecular formula is C12H13BrN2S. The molecule has 0 aliphatic rings. The van der Waals surface area contributed by atoms with Gasteiger partial charge in [-0.25, -0.2) is 0 Å². The fourth-order valence-electron chi connectivity index (χ4n) is 1.21. The molecule has 0 spiro atoms. The number of rotatable bonds is 6. The average molecular weight is 297 g/mol. The molecule has 0 heterocycles. The van der Waals surface area contributed by atoms with Gasteiger partial charge in [-0.1, -0.05) is 12.1 Å². The summed E-state index contributed by atoms with van der Waals surface area (Å²) in [6.45, 7) is 4.52. The number of anilines is 1. The van der Waals surface area contributed by atoms with Gasteiger partial charge in [0.1, 0.15) is 6.07 Å². The molecule has 84 valence electrons. The Balaban J connectivity index is 2.51. The molecule has 0 unspecified atom stereocenters. The largest absolute Gasteiger partial charge is 0.383 e. The molecule has 0 fully saturated rings. The van der Waals surface area contributed by atoms with Gasteiger partial charge in [0.05, 0.1) is 11.3 Å². The summed E-state index contributed by atoms with van der Waals surface area (Å²) in [6, 6.07) is 7.89. The van der Waals surface area contributed by atoms with Crippen LogP contribution < -0.4 is 5.32 Å². The van der Waals surface area contributed by atoms with Crippen molar-refractivity contribution in [2.24, 2.45) is 0 Å². The first kappa shape index (κ1) is 13.1. The fourth-order valence-corrected chi connectivity index (χ4v) is 2.24. The topological polar surface area (TPSA) is 35.8 Å². The zero-order valence-electron chi connectivity index (χ0n) is 8.87. The molecule has 2 nitrogen and oxygen atoms in total. The molecule has 0 aliphatic carbocycles. The minimum atomic E-state index is 0.663. The summed E-state index contributed by atoms with van der Waals surface area (Å²) in [7, 11) is 0. The molecule has 4 heteroatoms. The number of benzene rings is 1. The van der Waals surface area contributed by atoms with E-state index in [4.69, 9.17) is 5.26 Å². The predicted molar refractivity (Wildman–Crippen MR) is 74.9 cm³/mol.